The molecule has 2 aromatic heterocycles. The third-order valence-electron chi connectivity index (χ3n) is 3.95. The van der Waals surface area contributed by atoms with E-state index in [-0.39, 0.29) is 18.0 Å². The van der Waals surface area contributed by atoms with E-state index in [0.29, 0.717) is 10.2 Å². The molecule has 0 atom stereocenters. The number of rotatable bonds is 2. The number of nitrogens with zero attached hydrogens (tertiary/aromatic N) is 3. The molecular formula is C14H17N3O3S. The van der Waals surface area contributed by atoms with E-state index in [1.165, 1.54) is 23.0 Å². The van der Waals surface area contributed by atoms with Gasteiger partial charge in [-0.1, -0.05) is 0 Å². The molecule has 1 aliphatic rings. The van der Waals surface area contributed by atoms with Crippen LogP contribution in [0.2, 0.25) is 0 Å². The van der Waals surface area contributed by atoms with Crippen LogP contribution < -0.4 is 11.2 Å². The zero-order valence-corrected chi connectivity index (χ0v) is 12.7. The number of carbonyl (C=O) groups is 1. The van der Waals surface area contributed by atoms with Gasteiger partial charge in [-0.3, -0.25) is 18.7 Å². The Bertz CT molecular complexity index is 796. The molecular weight excluding hydrogens is 290 g/mol. The van der Waals surface area contributed by atoms with Gasteiger partial charge < -0.3 is 4.90 Å². The lowest BCUT2D eigenvalue weighted by Crippen LogP contribution is -2.43. The topological polar surface area (TPSA) is 64.3 Å². The SMILES string of the molecule is Cn1c(=O)c2sccc2n(CC(=O)N2CCCCC2)c1=O. The average Bonchev–Trinajstić information content (AvgIpc) is 2.99. The normalized spacial score (nSPS) is 15.6. The first-order valence-corrected chi connectivity index (χ1v) is 7.92. The molecule has 7 heteroatoms. The second-order valence-electron chi connectivity index (χ2n) is 5.31. The van der Waals surface area contributed by atoms with Crippen LogP contribution in [0.5, 0.6) is 0 Å². The van der Waals surface area contributed by atoms with Gasteiger partial charge in [-0.2, -0.15) is 0 Å². The van der Waals surface area contributed by atoms with E-state index in [2.05, 4.69) is 0 Å². The number of piperidine rings is 1. The Hall–Kier alpha value is -1.89. The molecule has 0 aromatic carbocycles. The summed E-state index contributed by atoms with van der Waals surface area (Å²) in [4.78, 5) is 38.5. The van der Waals surface area contributed by atoms with E-state index >= 15 is 0 Å². The van der Waals surface area contributed by atoms with Gasteiger partial charge in [0, 0.05) is 20.1 Å². The van der Waals surface area contributed by atoms with Crippen molar-refractivity contribution in [2.24, 2.45) is 7.05 Å². The molecule has 6 nitrogen and oxygen atoms in total. The van der Waals surface area contributed by atoms with Gasteiger partial charge in [-0.25, -0.2) is 4.79 Å². The third-order valence-corrected chi connectivity index (χ3v) is 4.85. The molecule has 1 fully saturated rings. The van der Waals surface area contributed by atoms with Crippen LogP contribution in [0.15, 0.2) is 21.0 Å². The Kier molecular flexibility index (Phi) is 3.67. The Morgan fingerprint density at radius 1 is 1.24 bits per heavy atom. The van der Waals surface area contributed by atoms with Crippen LogP contribution in [-0.4, -0.2) is 33.0 Å². The van der Waals surface area contributed by atoms with Crippen molar-refractivity contribution in [3.05, 3.63) is 32.3 Å². The number of hydrogen-bond acceptors (Lipinski definition) is 4. The summed E-state index contributed by atoms with van der Waals surface area (Å²) in [5.41, 5.74) is -0.179. The minimum atomic E-state index is -0.434. The second-order valence-corrected chi connectivity index (χ2v) is 6.23. The molecule has 3 heterocycles. The number of thiophene rings is 1. The van der Waals surface area contributed by atoms with Crippen molar-refractivity contribution < 1.29 is 4.79 Å². The number of likely N-dealkylation sites (tertiary alicyclic amines) is 1. The van der Waals surface area contributed by atoms with E-state index in [1.54, 1.807) is 16.3 Å². The van der Waals surface area contributed by atoms with E-state index in [4.69, 9.17) is 0 Å². The molecule has 0 aliphatic carbocycles. The molecule has 0 unspecified atom stereocenters. The summed E-state index contributed by atoms with van der Waals surface area (Å²) in [6.07, 6.45) is 3.18. The van der Waals surface area contributed by atoms with E-state index in [9.17, 15) is 14.4 Å². The maximum Gasteiger partial charge on any atom is 0.331 e. The van der Waals surface area contributed by atoms with Crippen LogP contribution in [0.3, 0.4) is 0 Å². The summed E-state index contributed by atoms with van der Waals surface area (Å²) in [7, 11) is 1.45. The fraction of sp³-hybridized carbons (Fsp3) is 0.500. The Morgan fingerprint density at radius 2 is 1.95 bits per heavy atom. The highest BCUT2D eigenvalue weighted by molar-refractivity contribution is 7.17. The molecule has 2 aromatic rings. The van der Waals surface area contributed by atoms with Gasteiger partial charge in [0.15, 0.2) is 0 Å². The molecule has 3 rings (SSSR count). The molecule has 1 amide bonds. The van der Waals surface area contributed by atoms with Crippen molar-refractivity contribution in [1.82, 2.24) is 14.0 Å². The zero-order valence-electron chi connectivity index (χ0n) is 11.9. The largest absolute Gasteiger partial charge is 0.341 e. The van der Waals surface area contributed by atoms with Crippen molar-refractivity contribution in [3.8, 4) is 0 Å². The standard InChI is InChI=1S/C14H17N3O3S/c1-15-13(19)12-10(5-8-21-12)17(14(15)20)9-11(18)16-6-3-2-4-7-16/h5,8H,2-4,6-7,9H2,1H3. The summed E-state index contributed by atoms with van der Waals surface area (Å²) in [5, 5.41) is 1.77. The summed E-state index contributed by atoms with van der Waals surface area (Å²) >= 11 is 1.30. The molecule has 21 heavy (non-hydrogen) atoms. The number of fused-ring (bicyclic) bond motifs is 1. The van der Waals surface area contributed by atoms with Crippen LogP contribution in [0.4, 0.5) is 0 Å². The van der Waals surface area contributed by atoms with Crippen LogP contribution in [-0.2, 0) is 18.4 Å². The predicted molar refractivity (Wildman–Crippen MR) is 81.8 cm³/mol. The van der Waals surface area contributed by atoms with Gasteiger partial charge in [0.05, 0.1) is 5.52 Å². The van der Waals surface area contributed by atoms with Gasteiger partial charge in [-0.05, 0) is 30.7 Å². The maximum absolute atomic E-state index is 12.4. The lowest BCUT2D eigenvalue weighted by atomic mass is 10.1. The highest BCUT2D eigenvalue weighted by atomic mass is 32.1. The quantitative estimate of drug-likeness (QED) is 0.823. The van der Waals surface area contributed by atoms with Gasteiger partial charge >= 0.3 is 5.69 Å². The average molecular weight is 307 g/mol. The number of aromatic nitrogens is 2. The van der Waals surface area contributed by atoms with Gasteiger partial charge in [0.2, 0.25) is 5.91 Å². The highest BCUT2D eigenvalue weighted by Crippen LogP contribution is 2.16. The molecule has 0 bridgehead atoms. The number of amides is 1. The smallest absolute Gasteiger partial charge is 0.331 e. The summed E-state index contributed by atoms with van der Waals surface area (Å²) in [5.74, 6) is -0.0528. The second kappa shape index (κ2) is 5.48. The Labute approximate surface area is 125 Å². The van der Waals surface area contributed by atoms with Crippen molar-refractivity contribution >= 4 is 27.5 Å². The van der Waals surface area contributed by atoms with Crippen LogP contribution >= 0.6 is 11.3 Å². The van der Waals surface area contributed by atoms with E-state index in [0.717, 1.165) is 36.9 Å². The van der Waals surface area contributed by atoms with Crippen LogP contribution in [0, 0.1) is 0 Å². The van der Waals surface area contributed by atoms with Gasteiger partial charge in [-0.15, -0.1) is 11.3 Å². The summed E-state index contributed by atoms with van der Waals surface area (Å²) < 4.78 is 3.00. The fourth-order valence-corrected chi connectivity index (χ4v) is 3.60. The minimum Gasteiger partial charge on any atom is -0.341 e. The van der Waals surface area contributed by atoms with Crippen molar-refractivity contribution in [1.29, 1.82) is 0 Å². The first kappa shape index (κ1) is 14.1. The minimum absolute atomic E-state index is 0.000185. The monoisotopic (exact) mass is 307 g/mol. The van der Waals surface area contributed by atoms with Crippen molar-refractivity contribution in [3.63, 3.8) is 0 Å². The third kappa shape index (κ3) is 2.42. The molecule has 1 aliphatic heterocycles. The summed E-state index contributed by atoms with van der Waals surface area (Å²) in [6.45, 7) is 1.51. The number of carbonyl (C=O) groups excluding carboxylic acids is 1. The molecule has 0 N–H and O–H groups in total. The Morgan fingerprint density at radius 3 is 2.67 bits per heavy atom. The highest BCUT2D eigenvalue weighted by Gasteiger charge is 2.19. The molecule has 0 saturated carbocycles. The van der Waals surface area contributed by atoms with Crippen molar-refractivity contribution in [2.45, 2.75) is 25.8 Å². The lowest BCUT2D eigenvalue weighted by molar-refractivity contribution is -0.132. The van der Waals surface area contributed by atoms with Crippen LogP contribution in [0.1, 0.15) is 19.3 Å². The maximum atomic E-state index is 12.4. The predicted octanol–water partition coefficient (Wildman–Crippen LogP) is 0.774. The zero-order chi connectivity index (χ0) is 15.0. The lowest BCUT2D eigenvalue weighted by Gasteiger charge is -2.27. The van der Waals surface area contributed by atoms with Crippen LogP contribution in [0.25, 0.3) is 10.2 Å². The number of hydrogen-bond donors (Lipinski definition) is 0. The van der Waals surface area contributed by atoms with Gasteiger partial charge in [0.1, 0.15) is 11.2 Å². The van der Waals surface area contributed by atoms with E-state index < -0.39 is 5.69 Å². The van der Waals surface area contributed by atoms with Gasteiger partial charge in [0.25, 0.3) is 5.56 Å². The molecule has 1 saturated heterocycles. The van der Waals surface area contributed by atoms with Crippen molar-refractivity contribution in [2.75, 3.05) is 13.1 Å². The molecule has 112 valence electrons. The fourth-order valence-electron chi connectivity index (χ4n) is 2.73. The Balaban J connectivity index is 2.00. The first-order valence-electron chi connectivity index (χ1n) is 7.04. The molecule has 0 radical (unpaired) electrons. The van der Waals surface area contributed by atoms with E-state index in [1.807, 2.05) is 0 Å². The first-order chi connectivity index (χ1) is 10.1. The summed E-state index contributed by atoms with van der Waals surface area (Å²) in [6, 6.07) is 1.73. The molecule has 0 spiro atoms.